The number of nitrogens with one attached hydrogen (secondary N) is 2. The largest absolute Gasteiger partial charge is 0.338 e. The summed E-state index contributed by atoms with van der Waals surface area (Å²) in [5.74, 6) is 0.297. The van der Waals surface area contributed by atoms with Crippen LogP contribution >= 0.6 is 0 Å². The summed E-state index contributed by atoms with van der Waals surface area (Å²) in [6.07, 6.45) is 3.23. The number of nitrogens with zero attached hydrogens (tertiary/aromatic N) is 4. The van der Waals surface area contributed by atoms with E-state index < -0.39 is 11.8 Å². The molecular weight excluding hydrogens is 323 g/mol. The third kappa shape index (κ3) is 3.90. The molecule has 126 valence electrons. The van der Waals surface area contributed by atoms with Crippen LogP contribution in [0.3, 0.4) is 0 Å². The van der Waals surface area contributed by atoms with Crippen LogP contribution < -0.4 is 10.6 Å². The van der Waals surface area contributed by atoms with Crippen LogP contribution in [-0.2, 0) is 6.42 Å². The van der Waals surface area contributed by atoms with Gasteiger partial charge >= 0.3 is 6.03 Å². The topological polar surface area (TPSA) is 95.1 Å². The lowest BCUT2D eigenvalue weighted by Crippen LogP contribution is -2.30. The second kappa shape index (κ2) is 7.40. The van der Waals surface area contributed by atoms with Crippen molar-refractivity contribution in [1.82, 2.24) is 19.9 Å². The molecule has 2 amide bonds. The normalized spacial score (nSPS) is 10.4. The lowest BCUT2D eigenvalue weighted by atomic mass is 10.2. The molecule has 0 bridgehead atoms. The van der Waals surface area contributed by atoms with Crippen molar-refractivity contribution >= 4 is 17.4 Å². The second-order valence-electron chi connectivity index (χ2n) is 5.33. The monoisotopic (exact) mass is 338 g/mol. The molecule has 0 aliphatic rings. The van der Waals surface area contributed by atoms with Crippen molar-refractivity contribution in [3.8, 4) is 6.07 Å². The van der Waals surface area contributed by atoms with Crippen LogP contribution in [-0.4, -0.2) is 27.2 Å². The maximum atomic E-state index is 13.1. The van der Waals surface area contributed by atoms with E-state index in [1.54, 1.807) is 0 Å². The molecule has 0 saturated heterocycles. The zero-order chi connectivity index (χ0) is 17.6. The number of aromatic nitrogens is 3. The Hall–Kier alpha value is -3.47. The Morgan fingerprint density at radius 1 is 1.28 bits per heavy atom. The van der Waals surface area contributed by atoms with Crippen LogP contribution in [0.4, 0.5) is 14.9 Å². The Morgan fingerprint density at radius 2 is 2.16 bits per heavy atom. The molecule has 7 nitrogen and oxygen atoms in total. The van der Waals surface area contributed by atoms with E-state index in [2.05, 4.69) is 20.8 Å². The first-order valence-electron chi connectivity index (χ1n) is 7.70. The molecule has 0 unspecified atom stereocenters. The number of aryl methyl sites for hydroxylation is 1. The van der Waals surface area contributed by atoms with Gasteiger partial charge in [-0.2, -0.15) is 5.26 Å². The van der Waals surface area contributed by atoms with Gasteiger partial charge in [0, 0.05) is 19.2 Å². The van der Waals surface area contributed by atoms with Gasteiger partial charge in [-0.3, -0.25) is 4.40 Å². The number of carbonyl (C=O) groups excluding carboxylic acids is 1. The van der Waals surface area contributed by atoms with E-state index in [4.69, 9.17) is 5.26 Å². The minimum atomic E-state index is -0.525. The fourth-order valence-corrected chi connectivity index (χ4v) is 2.39. The number of urea groups is 1. The second-order valence-corrected chi connectivity index (χ2v) is 5.33. The van der Waals surface area contributed by atoms with Crippen molar-refractivity contribution < 1.29 is 9.18 Å². The smallest absolute Gasteiger partial charge is 0.319 e. The van der Waals surface area contributed by atoms with Gasteiger partial charge in [-0.15, -0.1) is 10.2 Å². The average Bonchev–Trinajstić information content (AvgIpc) is 3.03. The van der Waals surface area contributed by atoms with Crippen molar-refractivity contribution in [2.75, 3.05) is 11.9 Å². The van der Waals surface area contributed by atoms with E-state index in [1.807, 2.05) is 34.9 Å². The predicted octanol–water partition coefficient (Wildman–Crippen LogP) is 2.49. The molecule has 0 aliphatic carbocycles. The van der Waals surface area contributed by atoms with Gasteiger partial charge in [0.05, 0.1) is 11.3 Å². The molecule has 0 spiro atoms. The van der Waals surface area contributed by atoms with Gasteiger partial charge in [0.1, 0.15) is 17.7 Å². The number of hydrogen-bond acceptors (Lipinski definition) is 4. The summed E-state index contributed by atoms with van der Waals surface area (Å²) in [4.78, 5) is 11.9. The Kier molecular flexibility index (Phi) is 4.85. The number of hydrogen-bond donors (Lipinski definition) is 2. The number of rotatable bonds is 5. The molecule has 2 aromatic heterocycles. The van der Waals surface area contributed by atoms with Gasteiger partial charge in [0.15, 0.2) is 5.65 Å². The standard InChI is InChI=1S/C17H15FN6O/c18-13-6-7-14(12(10-13)11-19)21-17(25)20-8-3-5-16-23-22-15-4-1-2-9-24(15)16/h1-2,4,6-7,9-10H,3,5,8H2,(H2,20,21,25). The van der Waals surface area contributed by atoms with E-state index >= 15 is 0 Å². The quantitative estimate of drug-likeness (QED) is 0.699. The van der Waals surface area contributed by atoms with Gasteiger partial charge in [0.2, 0.25) is 0 Å². The minimum absolute atomic E-state index is 0.0741. The summed E-state index contributed by atoms with van der Waals surface area (Å²) in [7, 11) is 0. The fraction of sp³-hybridized carbons (Fsp3) is 0.176. The number of pyridine rings is 1. The van der Waals surface area contributed by atoms with E-state index in [-0.39, 0.29) is 11.3 Å². The Morgan fingerprint density at radius 3 is 3.00 bits per heavy atom. The SMILES string of the molecule is N#Cc1cc(F)ccc1NC(=O)NCCCc1nnc2ccccn12. The van der Waals surface area contributed by atoms with Crippen molar-refractivity contribution in [3.05, 3.63) is 59.8 Å². The summed E-state index contributed by atoms with van der Waals surface area (Å²) in [6.45, 7) is 0.427. The van der Waals surface area contributed by atoms with Crippen LogP contribution in [0.25, 0.3) is 5.65 Å². The van der Waals surface area contributed by atoms with E-state index in [0.717, 1.165) is 17.5 Å². The third-order valence-electron chi connectivity index (χ3n) is 3.60. The van der Waals surface area contributed by atoms with Crippen molar-refractivity contribution in [2.24, 2.45) is 0 Å². The average molecular weight is 338 g/mol. The molecule has 3 rings (SSSR count). The van der Waals surface area contributed by atoms with Crippen LogP contribution in [0.2, 0.25) is 0 Å². The Balaban J connectivity index is 1.49. The van der Waals surface area contributed by atoms with E-state index in [1.165, 1.54) is 12.1 Å². The first-order valence-corrected chi connectivity index (χ1v) is 7.70. The van der Waals surface area contributed by atoms with E-state index in [0.29, 0.717) is 19.4 Å². The molecule has 0 atom stereocenters. The molecule has 3 aromatic rings. The predicted molar refractivity (Wildman–Crippen MR) is 89.4 cm³/mol. The minimum Gasteiger partial charge on any atom is -0.338 e. The molecule has 0 radical (unpaired) electrons. The zero-order valence-corrected chi connectivity index (χ0v) is 13.2. The zero-order valence-electron chi connectivity index (χ0n) is 13.2. The van der Waals surface area contributed by atoms with Gasteiger partial charge < -0.3 is 10.6 Å². The van der Waals surface area contributed by atoms with Crippen LogP contribution in [0.1, 0.15) is 17.8 Å². The summed E-state index contributed by atoms with van der Waals surface area (Å²) in [5.41, 5.74) is 1.12. The number of anilines is 1. The highest BCUT2D eigenvalue weighted by atomic mass is 19.1. The molecule has 0 saturated carbocycles. The van der Waals surface area contributed by atoms with Crippen LogP contribution in [0, 0.1) is 17.1 Å². The summed E-state index contributed by atoms with van der Waals surface area (Å²) >= 11 is 0. The molecule has 0 fully saturated rings. The van der Waals surface area contributed by atoms with Crippen LogP contribution in [0.5, 0.6) is 0 Å². The van der Waals surface area contributed by atoms with Crippen molar-refractivity contribution in [2.45, 2.75) is 12.8 Å². The third-order valence-corrected chi connectivity index (χ3v) is 3.60. The van der Waals surface area contributed by atoms with Crippen molar-refractivity contribution in [1.29, 1.82) is 5.26 Å². The number of carbonyl (C=O) groups is 1. The van der Waals surface area contributed by atoms with Crippen LogP contribution in [0.15, 0.2) is 42.6 Å². The summed E-state index contributed by atoms with van der Waals surface area (Å²) in [5, 5.41) is 22.4. The molecule has 2 heterocycles. The van der Waals surface area contributed by atoms with Gasteiger partial charge in [-0.25, -0.2) is 9.18 Å². The molecule has 25 heavy (non-hydrogen) atoms. The highest BCUT2D eigenvalue weighted by molar-refractivity contribution is 5.90. The van der Waals surface area contributed by atoms with E-state index in [9.17, 15) is 9.18 Å². The highest BCUT2D eigenvalue weighted by Gasteiger charge is 2.08. The fourth-order valence-electron chi connectivity index (χ4n) is 2.39. The first kappa shape index (κ1) is 16.4. The van der Waals surface area contributed by atoms with Crippen molar-refractivity contribution in [3.63, 3.8) is 0 Å². The highest BCUT2D eigenvalue weighted by Crippen LogP contribution is 2.15. The van der Waals surface area contributed by atoms with Gasteiger partial charge in [0.25, 0.3) is 0 Å². The van der Waals surface area contributed by atoms with Gasteiger partial charge in [-0.05, 0) is 36.8 Å². The molecular formula is C17H15FN6O. The maximum absolute atomic E-state index is 13.1. The van der Waals surface area contributed by atoms with Gasteiger partial charge in [-0.1, -0.05) is 6.07 Å². The number of halogens is 1. The number of amides is 2. The number of nitriles is 1. The summed E-state index contributed by atoms with van der Waals surface area (Å²) in [6, 6.07) is 10.7. The lowest BCUT2D eigenvalue weighted by molar-refractivity contribution is 0.252. The Labute approximate surface area is 143 Å². The molecule has 8 heteroatoms. The molecule has 2 N–H and O–H groups in total. The molecule has 1 aromatic carbocycles. The lowest BCUT2D eigenvalue weighted by Gasteiger charge is -2.08. The number of fused-ring (bicyclic) bond motifs is 1. The summed E-state index contributed by atoms with van der Waals surface area (Å²) < 4.78 is 15.0. The Bertz CT molecular complexity index is 946. The first-order chi connectivity index (χ1) is 12.2. The molecule has 0 aliphatic heterocycles. The number of benzene rings is 1. The maximum Gasteiger partial charge on any atom is 0.319 e.